The number of allylic oxidation sites excluding steroid dienone is 2. The van der Waals surface area contributed by atoms with Crippen molar-refractivity contribution in [2.75, 3.05) is 25.0 Å². The second-order valence-electron chi connectivity index (χ2n) is 5.56. The highest BCUT2D eigenvalue weighted by Gasteiger charge is 2.10. The van der Waals surface area contributed by atoms with E-state index in [9.17, 15) is 0 Å². The van der Waals surface area contributed by atoms with Crippen LogP contribution >= 0.6 is 0 Å². The second kappa shape index (κ2) is 8.59. The minimum absolute atomic E-state index is 0.0175. The Morgan fingerprint density at radius 2 is 1.61 bits per heavy atom. The Hall–Kier alpha value is -2.81. The van der Waals surface area contributed by atoms with Crippen molar-refractivity contribution in [1.82, 2.24) is 4.90 Å². The van der Waals surface area contributed by atoms with Crippen molar-refractivity contribution in [1.29, 1.82) is 15.8 Å². The van der Waals surface area contributed by atoms with Gasteiger partial charge in [0.05, 0.1) is 0 Å². The minimum Gasteiger partial charge on any atom is -0.345 e. The molecule has 0 amide bonds. The summed E-state index contributed by atoms with van der Waals surface area (Å²) in [5, 5.41) is 29.5. The molecule has 5 nitrogen and oxygen atoms in total. The summed E-state index contributed by atoms with van der Waals surface area (Å²) in [6, 6.07) is 13.1. The highest BCUT2D eigenvalue weighted by molar-refractivity contribution is 5.58. The molecule has 1 heterocycles. The lowest BCUT2D eigenvalue weighted by Gasteiger charge is -2.26. The molecular formula is C18H19N5. The van der Waals surface area contributed by atoms with Gasteiger partial charge in [0, 0.05) is 12.2 Å². The molecule has 1 fully saturated rings. The van der Waals surface area contributed by atoms with Crippen LogP contribution in [0.3, 0.4) is 0 Å². The Morgan fingerprint density at radius 3 is 2.17 bits per heavy atom. The van der Waals surface area contributed by atoms with E-state index in [1.54, 1.807) is 12.1 Å². The summed E-state index contributed by atoms with van der Waals surface area (Å²) >= 11 is 0. The first-order valence-electron chi connectivity index (χ1n) is 7.79. The van der Waals surface area contributed by atoms with E-state index in [1.807, 2.05) is 30.3 Å². The Balaban J connectivity index is 1.94. The zero-order valence-electron chi connectivity index (χ0n) is 13.0. The van der Waals surface area contributed by atoms with Crippen LogP contribution in [-0.2, 0) is 6.42 Å². The molecule has 5 heteroatoms. The first-order chi connectivity index (χ1) is 11.3. The highest BCUT2D eigenvalue weighted by Crippen LogP contribution is 2.15. The van der Waals surface area contributed by atoms with Crippen LogP contribution in [0.5, 0.6) is 0 Å². The molecule has 1 N–H and O–H groups in total. The second-order valence-corrected chi connectivity index (χ2v) is 5.56. The monoisotopic (exact) mass is 305 g/mol. The summed E-state index contributed by atoms with van der Waals surface area (Å²) in [6.07, 6.45) is 4.94. The van der Waals surface area contributed by atoms with Crippen molar-refractivity contribution in [3.63, 3.8) is 0 Å². The van der Waals surface area contributed by atoms with Crippen molar-refractivity contribution < 1.29 is 0 Å². The quantitative estimate of drug-likeness (QED) is 0.845. The number of nitrogens with one attached hydrogen (secondary N) is 1. The van der Waals surface area contributed by atoms with Gasteiger partial charge in [0.1, 0.15) is 23.9 Å². The fourth-order valence-electron chi connectivity index (χ4n) is 2.65. The lowest BCUT2D eigenvalue weighted by Crippen LogP contribution is -2.31. The van der Waals surface area contributed by atoms with E-state index < -0.39 is 0 Å². The number of benzene rings is 1. The first kappa shape index (κ1) is 16.6. The molecule has 0 unspecified atom stereocenters. The summed E-state index contributed by atoms with van der Waals surface area (Å²) < 4.78 is 0. The van der Waals surface area contributed by atoms with Gasteiger partial charge < -0.3 is 10.2 Å². The zero-order valence-corrected chi connectivity index (χ0v) is 13.0. The average molecular weight is 305 g/mol. The van der Waals surface area contributed by atoms with Gasteiger partial charge in [0.15, 0.2) is 5.57 Å². The van der Waals surface area contributed by atoms with E-state index >= 15 is 0 Å². The lowest BCUT2D eigenvalue weighted by atomic mass is 10.1. The molecule has 1 aromatic carbocycles. The Bertz CT molecular complexity index is 660. The topological polar surface area (TPSA) is 86.6 Å². The maximum Gasteiger partial charge on any atom is 0.163 e. The minimum atomic E-state index is -0.207. The molecule has 0 atom stereocenters. The SMILES string of the molecule is N#CC(C#N)=C(C#N)Nc1ccc(CCN2CCCCC2)cc1. The van der Waals surface area contributed by atoms with Gasteiger partial charge in [0.2, 0.25) is 0 Å². The molecule has 0 spiro atoms. The van der Waals surface area contributed by atoms with Crippen LogP contribution in [0.4, 0.5) is 5.69 Å². The molecule has 0 aromatic heterocycles. The highest BCUT2D eigenvalue weighted by atomic mass is 15.1. The smallest absolute Gasteiger partial charge is 0.163 e. The first-order valence-corrected chi connectivity index (χ1v) is 7.79. The third-order valence-corrected chi connectivity index (χ3v) is 3.97. The lowest BCUT2D eigenvalue weighted by molar-refractivity contribution is 0.231. The average Bonchev–Trinajstić information content (AvgIpc) is 2.62. The fraction of sp³-hybridized carbons (Fsp3) is 0.389. The third kappa shape index (κ3) is 4.85. The normalized spacial score (nSPS) is 14.1. The van der Waals surface area contributed by atoms with E-state index in [0.29, 0.717) is 5.69 Å². The number of hydrogen-bond acceptors (Lipinski definition) is 5. The molecular weight excluding hydrogens is 286 g/mol. The predicted octanol–water partition coefficient (Wildman–Crippen LogP) is 2.95. The Labute approximate surface area is 137 Å². The van der Waals surface area contributed by atoms with E-state index in [2.05, 4.69) is 10.2 Å². The van der Waals surface area contributed by atoms with Gasteiger partial charge in [-0.25, -0.2) is 0 Å². The zero-order chi connectivity index (χ0) is 16.5. The Morgan fingerprint density at radius 1 is 0.957 bits per heavy atom. The number of rotatable bonds is 5. The van der Waals surface area contributed by atoms with Gasteiger partial charge in [0.25, 0.3) is 0 Å². The van der Waals surface area contributed by atoms with Crippen molar-refractivity contribution in [3.8, 4) is 18.2 Å². The summed E-state index contributed by atoms with van der Waals surface area (Å²) in [6.45, 7) is 3.46. The third-order valence-electron chi connectivity index (χ3n) is 3.97. The van der Waals surface area contributed by atoms with Crippen LogP contribution in [-0.4, -0.2) is 24.5 Å². The van der Waals surface area contributed by atoms with Gasteiger partial charge in [-0.05, 0) is 50.0 Å². The molecule has 23 heavy (non-hydrogen) atoms. The molecule has 2 rings (SSSR count). The molecule has 116 valence electrons. The summed E-state index contributed by atoms with van der Waals surface area (Å²) in [4.78, 5) is 2.50. The molecule has 0 saturated carbocycles. The number of piperidine rings is 1. The number of likely N-dealkylation sites (tertiary alicyclic amines) is 1. The maximum atomic E-state index is 9.02. The summed E-state index contributed by atoms with van der Waals surface area (Å²) in [5.74, 6) is 0. The predicted molar refractivity (Wildman–Crippen MR) is 87.9 cm³/mol. The van der Waals surface area contributed by atoms with Gasteiger partial charge in [-0.2, -0.15) is 15.8 Å². The van der Waals surface area contributed by atoms with Crippen molar-refractivity contribution >= 4 is 5.69 Å². The fourth-order valence-corrected chi connectivity index (χ4v) is 2.65. The van der Waals surface area contributed by atoms with Gasteiger partial charge in [-0.15, -0.1) is 0 Å². The van der Waals surface area contributed by atoms with Crippen molar-refractivity contribution in [2.24, 2.45) is 0 Å². The number of nitrogens with zero attached hydrogens (tertiary/aromatic N) is 4. The maximum absolute atomic E-state index is 9.02. The molecule has 1 saturated heterocycles. The Kier molecular flexibility index (Phi) is 6.18. The van der Waals surface area contributed by atoms with E-state index in [0.717, 1.165) is 13.0 Å². The van der Waals surface area contributed by atoms with Crippen molar-refractivity contribution in [3.05, 3.63) is 41.1 Å². The molecule has 1 aliphatic heterocycles. The molecule has 0 bridgehead atoms. The van der Waals surface area contributed by atoms with E-state index in [-0.39, 0.29) is 11.3 Å². The number of nitriles is 3. The van der Waals surface area contributed by atoms with E-state index in [4.69, 9.17) is 15.8 Å². The van der Waals surface area contributed by atoms with Gasteiger partial charge in [-0.1, -0.05) is 18.6 Å². The standard InChI is InChI=1S/C18H19N5/c19-12-16(13-20)18(14-21)22-17-6-4-15(5-7-17)8-11-23-9-2-1-3-10-23/h4-7,22H,1-3,8-11H2. The van der Waals surface area contributed by atoms with Crippen LogP contribution in [0.25, 0.3) is 0 Å². The van der Waals surface area contributed by atoms with E-state index in [1.165, 1.54) is 37.9 Å². The molecule has 0 aliphatic carbocycles. The van der Waals surface area contributed by atoms with Crippen LogP contribution in [0, 0.1) is 34.0 Å². The van der Waals surface area contributed by atoms with Gasteiger partial charge >= 0.3 is 0 Å². The molecule has 1 aliphatic rings. The van der Waals surface area contributed by atoms with Crippen LogP contribution < -0.4 is 5.32 Å². The summed E-state index contributed by atoms with van der Waals surface area (Å²) in [7, 11) is 0. The summed E-state index contributed by atoms with van der Waals surface area (Å²) in [5.41, 5.74) is 1.72. The van der Waals surface area contributed by atoms with Crippen LogP contribution in [0.15, 0.2) is 35.5 Å². The van der Waals surface area contributed by atoms with Crippen LogP contribution in [0.1, 0.15) is 24.8 Å². The largest absolute Gasteiger partial charge is 0.345 e. The molecule has 1 aromatic rings. The van der Waals surface area contributed by atoms with Crippen molar-refractivity contribution in [2.45, 2.75) is 25.7 Å². The molecule has 0 radical (unpaired) electrons. The number of hydrogen-bond donors (Lipinski definition) is 1. The number of anilines is 1. The van der Waals surface area contributed by atoms with Gasteiger partial charge in [-0.3, -0.25) is 0 Å². The van der Waals surface area contributed by atoms with Crippen LogP contribution in [0.2, 0.25) is 0 Å².